The van der Waals surface area contributed by atoms with E-state index in [1.54, 1.807) is 30.0 Å². The molecule has 1 aromatic carbocycles. The summed E-state index contributed by atoms with van der Waals surface area (Å²) in [6, 6.07) is 5.10. The summed E-state index contributed by atoms with van der Waals surface area (Å²) in [5.41, 5.74) is 0.502. The number of likely N-dealkylation sites (tertiary alicyclic amines) is 1. The van der Waals surface area contributed by atoms with Crippen LogP contribution in [0.1, 0.15) is 48.5 Å². The predicted molar refractivity (Wildman–Crippen MR) is 97.9 cm³/mol. The minimum absolute atomic E-state index is 0.0218. The van der Waals surface area contributed by atoms with Crippen LogP contribution in [0.2, 0.25) is 0 Å². The van der Waals surface area contributed by atoms with Crippen LogP contribution < -0.4 is 4.74 Å². The molecular weight excluding hydrogens is 350 g/mol. The Morgan fingerprint density at radius 3 is 2.89 bits per heavy atom. The molecule has 2 aliphatic rings. The lowest BCUT2D eigenvalue weighted by Gasteiger charge is -2.37. The van der Waals surface area contributed by atoms with Crippen molar-refractivity contribution in [2.75, 3.05) is 19.7 Å². The maximum Gasteiger partial charge on any atom is 0.409 e. The number of carbonyl (C=O) groups excluding carboxylic acids is 2. The van der Waals surface area contributed by atoms with Crippen LogP contribution >= 0.6 is 0 Å². The summed E-state index contributed by atoms with van der Waals surface area (Å²) >= 11 is 0. The second kappa shape index (κ2) is 7.82. The standard InChI is InChI=1S/C20H23NO6/c1-2-26-19(25)21-10-3-8-20(9-11-21)13-16(22)15-12-14(5-7-18(23)24)4-6-17(15)27-20/h4-7,12H,2-3,8-11,13H2,1H3,(H,23,24). The van der Waals surface area contributed by atoms with Crippen LogP contribution in [0.3, 0.4) is 0 Å². The Morgan fingerprint density at radius 2 is 2.15 bits per heavy atom. The molecule has 1 unspecified atom stereocenters. The fourth-order valence-electron chi connectivity index (χ4n) is 3.63. The van der Waals surface area contributed by atoms with Gasteiger partial charge in [0.05, 0.1) is 18.6 Å². The van der Waals surface area contributed by atoms with E-state index in [0.717, 1.165) is 12.5 Å². The molecule has 1 amide bonds. The summed E-state index contributed by atoms with van der Waals surface area (Å²) in [4.78, 5) is 37.1. The maximum absolute atomic E-state index is 12.8. The highest BCUT2D eigenvalue weighted by Gasteiger charge is 2.42. The highest BCUT2D eigenvalue weighted by molar-refractivity contribution is 6.01. The minimum Gasteiger partial charge on any atom is -0.486 e. The molecule has 1 N–H and O–H groups in total. The minimum atomic E-state index is -1.04. The summed E-state index contributed by atoms with van der Waals surface area (Å²) in [5, 5.41) is 8.74. The lowest BCUT2D eigenvalue weighted by Crippen LogP contribution is -2.43. The van der Waals surface area contributed by atoms with Gasteiger partial charge in [0.25, 0.3) is 0 Å². The molecule has 1 fully saturated rings. The Labute approximate surface area is 157 Å². The monoisotopic (exact) mass is 373 g/mol. The number of fused-ring (bicyclic) bond motifs is 1. The van der Waals surface area contributed by atoms with Gasteiger partial charge in [-0.25, -0.2) is 9.59 Å². The van der Waals surface area contributed by atoms with E-state index in [2.05, 4.69) is 0 Å². The van der Waals surface area contributed by atoms with Crippen molar-refractivity contribution in [1.82, 2.24) is 4.90 Å². The zero-order chi connectivity index (χ0) is 19.4. The third kappa shape index (κ3) is 4.30. The van der Waals surface area contributed by atoms with E-state index < -0.39 is 11.6 Å². The second-order valence-electron chi connectivity index (χ2n) is 6.85. The van der Waals surface area contributed by atoms with Gasteiger partial charge in [-0.1, -0.05) is 6.07 Å². The Hall–Kier alpha value is -2.83. The van der Waals surface area contributed by atoms with Crippen LogP contribution in [-0.4, -0.2) is 53.1 Å². The number of nitrogens with zero attached hydrogens (tertiary/aromatic N) is 1. The van der Waals surface area contributed by atoms with Gasteiger partial charge >= 0.3 is 12.1 Å². The number of carbonyl (C=O) groups is 3. The van der Waals surface area contributed by atoms with Gasteiger partial charge in [0.2, 0.25) is 0 Å². The molecular formula is C20H23NO6. The van der Waals surface area contributed by atoms with Crippen LogP contribution in [-0.2, 0) is 9.53 Å². The average Bonchev–Trinajstić information content (AvgIpc) is 2.83. The smallest absolute Gasteiger partial charge is 0.409 e. The molecule has 1 aromatic rings. The molecule has 0 saturated carbocycles. The fourth-order valence-corrected chi connectivity index (χ4v) is 3.63. The molecule has 1 atom stereocenters. The van der Waals surface area contributed by atoms with Gasteiger partial charge in [-0.3, -0.25) is 4.79 Å². The first-order valence-corrected chi connectivity index (χ1v) is 9.11. The van der Waals surface area contributed by atoms with Gasteiger partial charge in [0.1, 0.15) is 11.4 Å². The number of ether oxygens (including phenoxy) is 2. The number of rotatable bonds is 3. The summed E-state index contributed by atoms with van der Waals surface area (Å²) in [6.45, 7) is 3.18. The number of Topliss-reactive ketones (excluding diaryl/α,β-unsaturated/α-hetero) is 1. The van der Waals surface area contributed by atoms with Crippen molar-refractivity contribution in [2.24, 2.45) is 0 Å². The van der Waals surface area contributed by atoms with Gasteiger partial charge in [-0.05, 0) is 43.5 Å². The zero-order valence-corrected chi connectivity index (χ0v) is 15.3. The molecule has 144 valence electrons. The summed E-state index contributed by atoms with van der Waals surface area (Å²) in [5.74, 6) is -0.548. The van der Waals surface area contributed by atoms with Crippen molar-refractivity contribution in [1.29, 1.82) is 0 Å². The SMILES string of the molecule is CCOC(=O)N1CCCC2(CC1)CC(=O)c1cc(C=CC(=O)O)ccc1O2. The first-order chi connectivity index (χ1) is 12.9. The molecule has 1 spiro atoms. The Bertz CT molecular complexity index is 787. The number of amides is 1. The largest absolute Gasteiger partial charge is 0.486 e. The van der Waals surface area contributed by atoms with Gasteiger partial charge < -0.3 is 19.5 Å². The maximum atomic E-state index is 12.8. The molecule has 0 radical (unpaired) electrons. The molecule has 0 aromatic heterocycles. The van der Waals surface area contributed by atoms with Crippen LogP contribution in [0.25, 0.3) is 6.08 Å². The lowest BCUT2D eigenvalue weighted by molar-refractivity contribution is -0.131. The normalized spacial score (nSPS) is 22.3. The zero-order valence-electron chi connectivity index (χ0n) is 15.3. The number of hydrogen-bond donors (Lipinski definition) is 1. The molecule has 7 heteroatoms. The van der Waals surface area contributed by atoms with Crippen LogP contribution in [0.15, 0.2) is 24.3 Å². The van der Waals surface area contributed by atoms with E-state index in [1.165, 1.54) is 6.08 Å². The van der Waals surface area contributed by atoms with Gasteiger partial charge in [0, 0.05) is 25.6 Å². The van der Waals surface area contributed by atoms with Crippen molar-refractivity contribution in [3.8, 4) is 5.75 Å². The van der Waals surface area contributed by atoms with E-state index >= 15 is 0 Å². The van der Waals surface area contributed by atoms with Gasteiger partial charge in [-0.2, -0.15) is 0 Å². The third-order valence-corrected chi connectivity index (χ3v) is 4.96. The van der Waals surface area contributed by atoms with Crippen LogP contribution in [0.5, 0.6) is 5.75 Å². The van der Waals surface area contributed by atoms with Crippen molar-refractivity contribution in [3.63, 3.8) is 0 Å². The number of ketones is 1. The third-order valence-electron chi connectivity index (χ3n) is 4.96. The molecule has 0 bridgehead atoms. The van der Waals surface area contributed by atoms with E-state index in [1.807, 2.05) is 0 Å². The number of benzene rings is 1. The van der Waals surface area contributed by atoms with Crippen molar-refractivity contribution in [3.05, 3.63) is 35.4 Å². The molecule has 2 heterocycles. The number of carboxylic acids is 1. The number of hydrogen-bond acceptors (Lipinski definition) is 5. The van der Waals surface area contributed by atoms with Crippen LogP contribution in [0, 0.1) is 0 Å². The molecule has 7 nitrogen and oxygen atoms in total. The van der Waals surface area contributed by atoms with Gasteiger partial charge in [-0.15, -0.1) is 0 Å². The first-order valence-electron chi connectivity index (χ1n) is 9.11. The highest BCUT2D eigenvalue weighted by atomic mass is 16.6. The van der Waals surface area contributed by atoms with Crippen molar-refractivity contribution >= 4 is 23.9 Å². The topological polar surface area (TPSA) is 93.1 Å². The van der Waals surface area contributed by atoms with Crippen molar-refractivity contribution in [2.45, 2.75) is 38.2 Å². The van der Waals surface area contributed by atoms with Gasteiger partial charge in [0.15, 0.2) is 5.78 Å². The lowest BCUT2D eigenvalue weighted by atomic mass is 9.84. The van der Waals surface area contributed by atoms with E-state index in [9.17, 15) is 14.4 Å². The molecule has 2 aliphatic heterocycles. The quantitative estimate of drug-likeness (QED) is 0.818. The summed E-state index contributed by atoms with van der Waals surface area (Å²) in [7, 11) is 0. The Balaban J connectivity index is 1.77. The molecule has 1 saturated heterocycles. The van der Waals surface area contributed by atoms with E-state index in [4.69, 9.17) is 14.6 Å². The molecule has 27 heavy (non-hydrogen) atoms. The average molecular weight is 373 g/mol. The Morgan fingerprint density at radius 1 is 1.33 bits per heavy atom. The summed E-state index contributed by atoms with van der Waals surface area (Å²) in [6.07, 6.45) is 4.40. The summed E-state index contributed by atoms with van der Waals surface area (Å²) < 4.78 is 11.3. The fraction of sp³-hybridized carbons (Fsp3) is 0.450. The Kier molecular flexibility index (Phi) is 5.48. The highest BCUT2D eigenvalue weighted by Crippen LogP contribution is 2.39. The molecule has 3 rings (SSSR count). The molecule has 0 aliphatic carbocycles. The first kappa shape index (κ1) is 18.9. The van der Waals surface area contributed by atoms with Crippen molar-refractivity contribution < 1.29 is 29.0 Å². The van der Waals surface area contributed by atoms with Crippen LogP contribution in [0.4, 0.5) is 4.79 Å². The number of aliphatic carboxylic acids is 1. The second-order valence-corrected chi connectivity index (χ2v) is 6.85. The van der Waals surface area contributed by atoms with E-state index in [-0.39, 0.29) is 18.3 Å². The predicted octanol–water partition coefficient (Wildman–Crippen LogP) is 3.13. The number of carboxylic acid groups (broad SMARTS) is 1. The van der Waals surface area contributed by atoms with E-state index in [0.29, 0.717) is 49.4 Å².